The SMILES string of the molecule is O=C(NCc1ccc(F)cc1)N(Cc1cccs1)C1CCOCC1. The molecule has 0 radical (unpaired) electrons. The maximum atomic E-state index is 13.0. The minimum atomic E-state index is -0.272. The minimum absolute atomic E-state index is 0.0837. The molecule has 6 heteroatoms. The second-order valence-electron chi connectivity index (χ2n) is 5.84. The highest BCUT2D eigenvalue weighted by Crippen LogP contribution is 2.20. The van der Waals surface area contributed by atoms with Gasteiger partial charge in [0.05, 0.1) is 6.54 Å². The Morgan fingerprint density at radius 3 is 2.67 bits per heavy atom. The molecule has 1 N–H and O–H groups in total. The van der Waals surface area contributed by atoms with Gasteiger partial charge in [0.15, 0.2) is 0 Å². The monoisotopic (exact) mass is 348 g/mol. The van der Waals surface area contributed by atoms with Crippen molar-refractivity contribution in [2.75, 3.05) is 13.2 Å². The largest absolute Gasteiger partial charge is 0.381 e. The van der Waals surface area contributed by atoms with Crippen LogP contribution < -0.4 is 5.32 Å². The summed E-state index contributed by atoms with van der Waals surface area (Å²) in [4.78, 5) is 15.8. The molecule has 1 aliphatic rings. The van der Waals surface area contributed by atoms with E-state index in [0.717, 1.165) is 18.4 Å². The lowest BCUT2D eigenvalue weighted by atomic mass is 10.1. The van der Waals surface area contributed by atoms with Crippen LogP contribution in [0.25, 0.3) is 0 Å². The van der Waals surface area contributed by atoms with Crippen LogP contribution in [0.1, 0.15) is 23.3 Å². The molecule has 24 heavy (non-hydrogen) atoms. The number of carbonyl (C=O) groups excluding carboxylic acids is 1. The molecule has 0 unspecified atom stereocenters. The van der Waals surface area contributed by atoms with E-state index in [0.29, 0.717) is 26.3 Å². The summed E-state index contributed by atoms with van der Waals surface area (Å²) in [6.07, 6.45) is 1.71. The van der Waals surface area contributed by atoms with Gasteiger partial charge < -0.3 is 15.0 Å². The standard InChI is InChI=1S/C18H21FN2O2S/c19-15-5-3-14(4-6-15)12-20-18(22)21(13-17-2-1-11-24-17)16-7-9-23-10-8-16/h1-6,11,16H,7-10,12-13H2,(H,20,22). The number of benzene rings is 1. The molecule has 4 nitrogen and oxygen atoms in total. The van der Waals surface area contributed by atoms with Crippen molar-refractivity contribution in [3.8, 4) is 0 Å². The van der Waals surface area contributed by atoms with E-state index >= 15 is 0 Å². The van der Waals surface area contributed by atoms with E-state index < -0.39 is 0 Å². The van der Waals surface area contributed by atoms with Gasteiger partial charge in [0.25, 0.3) is 0 Å². The predicted molar refractivity (Wildman–Crippen MR) is 92.3 cm³/mol. The Morgan fingerprint density at radius 2 is 2.00 bits per heavy atom. The molecule has 0 saturated carbocycles. The zero-order chi connectivity index (χ0) is 16.8. The zero-order valence-corrected chi connectivity index (χ0v) is 14.2. The number of nitrogens with zero attached hydrogens (tertiary/aromatic N) is 1. The predicted octanol–water partition coefficient (Wildman–Crippen LogP) is 3.78. The smallest absolute Gasteiger partial charge is 0.318 e. The summed E-state index contributed by atoms with van der Waals surface area (Å²) in [6, 6.07) is 10.3. The van der Waals surface area contributed by atoms with Gasteiger partial charge >= 0.3 is 6.03 Å². The highest BCUT2D eigenvalue weighted by atomic mass is 32.1. The number of thiophene rings is 1. The molecular weight excluding hydrogens is 327 g/mol. The summed E-state index contributed by atoms with van der Waals surface area (Å²) in [5.74, 6) is -0.272. The summed E-state index contributed by atoms with van der Waals surface area (Å²) in [5.41, 5.74) is 0.882. The lowest BCUT2D eigenvalue weighted by Crippen LogP contribution is -2.47. The van der Waals surface area contributed by atoms with Gasteiger partial charge in [-0.25, -0.2) is 9.18 Å². The van der Waals surface area contributed by atoms with Gasteiger partial charge in [-0.05, 0) is 42.0 Å². The quantitative estimate of drug-likeness (QED) is 0.893. The van der Waals surface area contributed by atoms with Gasteiger partial charge in [0.1, 0.15) is 5.82 Å². The fourth-order valence-corrected chi connectivity index (χ4v) is 3.52. The average Bonchev–Trinajstić information content (AvgIpc) is 3.13. The molecule has 3 rings (SSSR count). The van der Waals surface area contributed by atoms with Gasteiger partial charge in [-0.15, -0.1) is 11.3 Å². The third kappa shape index (κ3) is 4.55. The number of nitrogens with one attached hydrogen (secondary N) is 1. The highest BCUT2D eigenvalue weighted by Gasteiger charge is 2.26. The molecule has 1 aliphatic heterocycles. The van der Waals surface area contributed by atoms with E-state index in [2.05, 4.69) is 5.32 Å². The molecule has 1 saturated heterocycles. The van der Waals surface area contributed by atoms with E-state index in [1.807, 2.05) is 22.4 Å². The molecule has 1 fully saturated rings. The Balaban J connectivity index is 1.64. The van der Waals surface area contributed by atoms with Gasteiger partial charge in [0.2, 0.25) is 0 Å². The van der Waals surface area contributed by atoms with Crippen molar-refractivity contribution < 1.29 is 13.9 Å². The van der Waals surface area contributed by atoms with Gasteiger partial charge in [-0.2, -0.15) is 0 Å². The summed E-state index contributed by atoms with van der Waals surface area (Å²) in [7, 11) is 0. The van der Waals surface area contributed by atoms with Crippen LogP contribution in [0.3, 0.4) is 0 Å². The molecule has 2 aromatic rings. The van der Waals surface area contributed by atoms with Crippen molar-refractivity contribution in [1.29, 1.82) is 0 Å². The topological polar surface area (TPSA) is 41.6 Å². The van der Waals surface area contributed by atoms with Crippen molar-refractivity contribution in [3.05, 3.63) is 58.0 Å². The first kappa shape index (κ1) is 16.9. The molecule has 2 amide bonds. The Kier molecular flexibility index (Phi) is 5.82. The fraction of sp³-hybridized carbons (Fsp3) is 0.389. The molecule has 1 aromatic heterocycles. The molecular formula is C18H21FN2O2S. The van der Waals surface area contributed by atoms with Crippen molar-refractivity contribution in [3.63, 3.8) is 0 Å². The Hall–Kier alpha value is -1.92. The summed E-state index contributed by atoms with van der Waals surface area (Å²) < 4.78 is 18.4. The number of carbonyl (C=O) groups is 1. The Labute approximate surface area is 145 Å². The van der Waals surface area contributed by atoms with E-state index in [-0.39, 0.29) is 17.9 Å². The summed E-state index contributed by atoms with van der Waals surface area (Å²) >= 11 is 1.65. The maximum Gasteiger partial charge on any atom is 0.318 e. The summed E-state index contributed by atoms with van der Waals surface area (Å²) in [6.45, 7) is 2.38. The van der Waals surface area contributed by atoms with Crippen LogP contribution in [-0.2, 0) is 17.8 Å². The zero-order valence-electron chi connectivity index (χ0n) is 13.4. The molecule has 0 bridgehead atoms. The normalized spacial score (nSPS) is 15.2. The number of urea groups is 1. The Bertz CT molecular complexity index is 640. The third-order valence-electron chi connectivity index (χ3n) is 4.16. The maximum absolute atomic E-state index is 13.0. The number of rotatable bonds is 5. The van der Waals surface area contributed by atoms with Crippen LogP contribution >= 0.6 is 11.3 Å². The van der Waals surface area contributed by atoms with Gasteiger partial charge in [-0.3, -0.25) is 0 Å². The number of amides is 2. The molecule has 128 valence electrons. The number of hydrogen-bond acceptors (Lipinski definition) is 3. The molecule has 0 aliphatic carbocycles. The van der Waals surface area contributed by atoms with E-state index in [9.17, 15) is 9.18 Å². The van der Waals surface area contributed by atoms with E-state index in [1.54, 1.807) is 23.5 Å². The van der Waals surface area contributed by atoms with Crippen LogP contribution in [0.2, 0.25) is 0 Å². The van der Waals surface area contributed by atoms with Crippen LogP contribution in [0, 0.1) is 5.82 Å². The first-order chi connectivity index (χ1) is 11.7. The second kappa shape index (κ2) is 8.26. The lowest BCUT2D eigenvalue weighted by molar-refractivity contribution is 0.0439. The second-order valence-corrected chi connectivity index (χ2v) is 6.87. The average molecular weight is 348 g/mol. The van der Waals surface area contributed by atoms with Crippen LogP contribution in [0.5, 0.6) is 0 Å². The van der Waals surface area contributed by atoms with Crippen molar-refractivity contribution in [1.82, 2.24) is 10.2 Å². The minimum Gasteiger partial charge on any atom is -0.381 e. The summed E-state index contributed by atoms with van der Waals surface area (Å²) in [5, 5.41) is 4.98. The Morgan fingerprint density at radius 1 is 1.25 bits per heavy atom. The third-order valence-corrected chi connectivity index (χ3v) is 5.02. The molecule has 1 aromatic carbocycles. The van der Waals surface area contributed by atoms with Gasteiger partial charge in [0, 0.05) is 30.7 Å². The van der Waals surface area contributed by atoms with Crippen molar-refractivity contribution in [2.24, 2.45) is 0 Å². The first-order valence-corrected chi connectivity index (χ1v) is 8.99. The molecule has 0 atom stereocenters. The van der Waals surface area contributed by atoms with E-state index in [1.165, 1.54) is 17.0 Å². The van der Waals surface area contributed by atoms with E-state index in [4.69, 9.17) is 4.74 Å². The first-order valence-electron chi connectivity index (χ1n) is 8.11. The van der Waals surface area contributed by atoms with Crippen LogP contribution in [0.4, 0.5) is 9.18 Å². The molecule has 2 heterocycles. The fourth-order valence-electron chi connectivity index (χ4n) is 2.82. The highest BCUT2D eigenvalue weighted by molar-refractivity contribution is 7.09. The van der Waals surface area contributed by atoms with Crippen LogP contribution in [-0.4, -0.2) is 30.2 Å². The van der Waals surface area contributed by atoms with Crippen LogP contribution in [0.15, 0.2) is 41.8 Å². The van der Waals surface area contributed by atoms with Crippen molar-refractivity contribution in [2.45, 2.75) is 32.0 Å². The molecule has 0 spiro atoms. The van der Waals surface area contributed by atoms with Crippen molar-refractivity contribution >= 4 is 17.4 Å². The number of halogens is 1. The number of hydrogen-bond donors (Lipinski definition) is 1. The van der Waals surface area contributed by atoms with Gasteiger partial charge in [-0.1, -0.05) is 18.2 Å². The lowest BCUT2D eigenvalue weighted by Gasteiger charge is -2.34. The number of ether oxygens (including phenoxy) is 1.